The number of ether oxygens (including phenoxy) is 1. The van der Waals surface area contributed by atoms with E-state index in [1.807, 2.05) is 6.08 Å². The van der Waals surface area contributed by atoms with Crippen LogP contribution in [0.15, 0.2) is 60.9 Å². The molecule has 8 heteroatoms. The van der Waals surface area contributed by atoms with Gasteiger partial charge in [0.2, 0.25) is 5.95 Å². The van der Waals surface area contributed by atoms with Crippen LogP contribution < -0.4 is 10.1 Å². The van der Waals surface area contributed by atoms with E-state index in [1.165, 1.54) is 24.5 Å². The van der Waals surface area contributed by atoms with Crippen molar-refractivity contribution in [2.45, 2.75) is 12.7 Å². The molecule has 0 bridgehead atoms. The third-order valence-electron chi connectivity index (χ3n) is 4.01. The van der Waals surface area contributed by atoms with Crippen molar-refractivity contribution in [3.63, 3.8) is 0 Å². The van der Waals surface area contributed by atoms with Gasteiger partial charge in [-0.15, -0.1) is 0 Å². The van der Waals surface area contributed by atoms with Crippen LogP contribution in [-0.2, 0) is 0 Å². The van der Waals surface area contributed by atoms with E-state index < -0.39 is 6.61 Å². The molecule has 3 aromatic rings. The number of rotatable bonds is 4. The summed E-state index contributed by atoms with van der Waals surface area (Å²) >= 11 is 0. The van der Waals surface area contributed by atoms with E-state index in [1.54, 1.807) is 35.0 Å². The molecule has 5 nitrogen and oxygen atoms in total. The average molecular weight is 358 g/mol. The molecule has 0 radical (unpaired) electrons. The van der Waals surface area contributed by atoms with Gasteiger partial charge in [-0.1, -0.05) is 24.3 Å². The van der Waals surface area contributed by atoms with Gasteiger partial charge in [-0.2, -0.15) is 18.9 Å². The summed E-state index contributed by atoms with van der Waals surface area (Å²) in [5.41, 5.74) is 1.80. The number of fused-ring (bicyclic) bond motifs is 1. The van der Waals surface area contributed by atoms with Crippen molar-refractivity contribution < 1.29 is 17.9 Å². The molecular formula is C18H13F3N4O. The van der Waals surface area contributed by atoms with Gasteiger partial charge >= 0.3 is 6.61 Å². The lowest BCUT2D eigenvalue weighted by atomic mass is 10.0. The topological polar surface area (TPSA) is 52.0 Å². The van der Waals surface area contributed by atoms with Crippen molar-refractivity contribution in [1.82, 2.24) is 14.8 Å². The number of hydrogen-bond donors (Lipinski definition) is 1. The van der Waals surface area contributed by atoms with Gasteiger partial charge in [-0.3, -0.25) is 0 Å². The van der Waals surface area contributed by atoms with Crippen LogP contribution in [0.3, 0.4) is 0 Å². The Labute approximate surface area is 146 Å². The lowest BCUT2D eigenvalue weighted by molar-refractivity contribution is -0.0500. The van der Waals surface area contributed by atoms with E-state index in [4.69, 9.17) is 0 Å². The third-order valence-corrected chi connectivity index (χ3v) is 4.01. The Morgan fingerprint density at radius 1 is 1.08 bits per heavy atom. The first-order chi connectivity index (χ1) is 12.6. The van der Waals surface area contributed by atoms with Gasteiger partial charge in [-0.25, -0.2) is 9.07 Å². The molecule has 0 aliphatic carbocycles. The largest absolute Gasteiger partial charge is 0.434 e. The van der Waals surface area contributed by atoms with Gasteiger partial charge < -0.3 is 10.1 Å². The fourth-order valence-electron chi connectivity index (χ4n) is 2.88. The van der Waals surface area contributed by atoms with Crippen LogP contribution in [-0.4, -0.2) is 21.4 Å². The van der Waals surface area contributed by atoms with Crippen molar-refractivity contribution in [2.75, 3.05) is 5.32 Å². The maximum absolute atomic E-state index is 13.3. The zero-order valence-electron chi connectivity index (χ0n) is 13.3. The number of para-hydroxylation sites is 1. The Morgan fingerprint density at radius 3 is 2.62 bits per heavy atom. The molecule has 26 heavy (non-hydrogen) atoms. The summed E-state index contributed by atoms with van der Waals surface area (Å²) in [5.74, 6) is 0.150. The second-order valence-electron chi connectivity index (χ2n) is 5.60. The molecule has 132 valence electrons. The van der Waals surface area contributed by atoms with E-state index >= 15 is 0 Å². The van der Waals surface area contributed by atoms with Crippen LogP contribution >= 0.6 is 0 Å². The SMILES string of the molecule is Fc1ccc([C@H]2C=C(c3ccccc3OC(F)F)Nc3ncnn32)cc1. The summed E-state index contributed by atoms with van der Waals surface area (Å²) in [4.78, 5) is 4.15. The summed E-state index contributed by atoms with van der Waals surface area (Å²) in [5, 5.41) is 7.26. The normalized spacial score (nSPS) is 16.0. The van der Waals surface area contributed by atoms with Crippen LogP contribution in [0.5, 0.6) is 5.75 Å². The van der Waals surface area contributed by atoms with Crippen LogP contribution in [0, 0.1) is 5.82 Å². The molecule has 2 heterocycles. The highest BCUT2D eigenvalue weighted by atomic mass is 19.3. The number of anilines is 1. The predicted octanol–water partition coefficient (Wildman–Crippen LogP) is 4.07. The lowest BCUT2D eigenvalue weighted by Gasteiger charge is -2.25. The molecular weight excluding hydrogens is 345 g/mol. The summed E-state index contributed by atoms with van der Waals surface area (Å²) < 4.78 is 44.9. The highest BCUT2D eigenvalue weighted by Gasteiger charge is 2.25. The molecule has 0 amide bonds. The van der Waals surface area contributed by atoms with Crippen molar-refractivity contribution >= 4 is 11.6 Å². The Balaban J connectivity index is 1.79. The lowest BCUT2D eigenvalue weighted by Crippen LogP contribution is -2.20. The molecule has 1 aromatic heterocycles. The Hall–Kier alpha value is -3.29. The molecule has 1 atom stereocenters. The molecule has 0 spiro atoms. The first kappa shape index (κ1) is 16.2. The fraction of sp³-hybridized carbons (Fsp3) is 0.111. The molecule has 2 aromatic carbocycles. The summed E-state index contributed by atoms with van der Waals surface area (Å²) in [6.45, 7) is -2.93. The van der Waals surface area contributed by atoms with E-state index in [0.717, 1.165) is 5.56 Å². The van der Waals surface area contributed by atoms with Crippen LogP contribution in [0.25, 0.3) is 5.70 Å². The van der Waals surface area contributed by atoms with E-state index in [9.17, 15) is 13.2 Å². The van der Waals surface area contributed by atoms with Gasteiger partial charge in [-0.05, 0) is 35.9 Å². The van der Waals surface area contributed by atoms with Crippen molar-refractivity contribution in [3.8, 4) is 5.75 Å². The minimum atomic E-state index is -2.93. The van der Waals surface area contributed by atoms with Crippen molar-refractivity contribution in [2.24, 2.45) is 0 Å². The van der Waals surface area contributed by atoms with Gasteiger partial charge in [0.05, 0.1) is 5.70 Å². The second kappa shape index (κ2) is 6.55. The quantitative estimate of drug-likeness (QED) is 0.764. The minimum absolute atomic E-state index is 0.0482. The molecule has 1 aliphatic rings. The maximum atomic E-state index is 13.3. The number of nitrogens with one attached hydrogen (secondary N) is 1. The van der Waals surface area contributed by atoms with E-state index in [0.29, 0.717) is 17.2 Å². The Bertz CT molecular complexity index is 953. The summed E-state index contributed by atoms with van der Waals surface area (Å²) in [6, 6.07) is 12.1. The third kappa shape index (κ3) is 3.01. The molecule has 1 aliphatic heterocycles. The maximum Gasteiger partial charge on any atom is 0.387 e. The van der Waals surface area contributed by atoms with E-state index in [-0.39, 0.29) is 17.6 Å². The molecule has 0 unspecified atom stereocenters. The minimum Gasteiger partial charge on any atom is -0.434 e. The summed E-state index contributed by atoms with van der Waals surface area (Å²) in [6.07, 6.45) is 3.19. The standard InChI is InChI=1S/C18H13F3N4O/c19-12-7-5-11(6-8-12)15-9-14(24-18-22-10-23-25(15)18)13-3-1-2-4-16(13)26-17(20)21/h1-10,15,17H,(H,22,23,24)/t15-/m1/s1. The summed E-state index contributed by atoms with van der Waals surface area (Å²) in [7, 11) is 0. The zero-order chi connectivity index (χ0) is 18.1. The van der Waals surface area contributed by atoms with Gasteiger partial charge in [0.1, 0.15) is 23.9 Å². The predicted molar refractivity (Wildman–Crippen MR) is 89.2 cm³/mol. The number of alkyl halides is 2. The highest BCUT2D eigenvalue weighted by Crippen LogP contribution is 2.35. The Morgan fingerprint density at radius 2 is 1.85 bits per heavy atom. The number of allylic oxidation sites excluding steroid dienone is 1. The number of nitrogens with zero attached hydrogens (tertiary/aromatic N) is 3. The second-order valence-corrected chi connectivity index (χ2v) is 5.60. The van der Waals surface area contributed by atoms with Gasteiger partial charge in [0, 0.05) is 5.56 Å². The Kier molecular flexibility index (Phi) is 4.08. The molecule has 0 saturated heterocycles. The number of hydrogen-bond acceptors (Lipinski definition) is 4. The van der Waals surface area contributed by atoms with Crippen LogP contribution in [0.1, 0.15) is 17.2 Å². The first-order valence-electron chi connectivity index (χ1n) is 7.80. The van der Waals surface area contributed by atoms with E-state index in [2.05, 4.69) is 20.1 Å². The monoisotopic (exact) mass is 358 g/mol. The smallest absolute Gasteiger partial charge is 0.387 e. The van der Waals surface area contributed by atoms with Gasteiger partial charge in [0.15, 0.2) is 0 Å². The highest BCUT2D eigenvalue weighted by molar-refractivity contribution is 5.80. The van der Waals surface area contributed by atoms with Gasteiger partial charge in [0.25, 0.3) is 0 Å². The van der Waals surface area contributed by atoms with Crippen molar-refractivity contribution in [3.05, 3.63) is 77.9 Å². The first-order valence-corrected chi connectivity index (χ1v) is 7.80. The van der Waals surface area contributed by atoms with Crippen LogP contribution in [0.4, 0.5) is 19.1 Å². The van der Waals surface area contributed by atoms with Crippen molar-refractivity contribution in [1.29, 1.82) is 0 Å². The number of halogens is 3. The number of aromatic nitrogens is 3. The number of benzene rings is 2. The molecule has 0 fully saturated rings. The zero-order valence-corrected chi connectivity index (χ0v) is 13.3. The molecule has 1 N–H and O–H groups in total. The van der Waals surface area contributed by atoms with Crippen LogP contribution in [0.2, 0.25) is 0 Å². The average Bonchev–Trinajstić information content (AvgIpc) is 3.10. The molecule has 4 rings (SSSR count). The fourth-order valence-corrected chi connectivity index (χ4v) is 2.88. The molecule has 0 saturated carbocycles.